The zero-order valence-corrected chi connectivity index (χ0v) is 13.8. The smallest absolute Gasteiger partial charge is 0.150 e. The predicted octanol–water partition coefficient (Wildman–Crippen LogP) is 4.27. The lowest BCUT2D eigenvalue weighted by Crippen LogP contribution is -2.00. The average Bonchev–Trinajstić information content (AvgIpc) is 2.59. The Morgan fingerprint density at radius 2 is 1.78 bits per heavy atom. The largest absolute Gasteiger partial charge is 0.508 e. The Labute approximate surface area is 137 Å². The van der Waals surface area contributed by atoms with E-state index in [4.69, 9.17) is 4.74 Å². The molecule has 1 N–H and O–H groups in total. The van der Waals surface area contributed by atoms with Crippen LogP contribution in [0.25, 0.3) is 11.6 Å². The molecule has 120 valence electrons. The van der Waals surface area contributed by atoms with Gasteiger partial charge in [-0.1, -0.05) is 32.0 Å². The maximum absolute atomic E-state index is 11.8. The molecule has 0 saturated heterocycles. The monoisotopic (exact) mass is 310 g/mol. The van der Waals surface area contributed by atoms with Gasteiger partial charge >= 0.3 is 0 Å². The van der Waals surface area contributed by atoms with Crippen LogP contribution < -0.4 is 4.74 Å². The lowest BCUT2D eigenvalue weighted by Gasteiger charge is -2.14. The van der Waals surface area contributed by atoms with Crippen LogP contribution in [0.4, 0.5) is 0 Å². The summed E-state index contributed by atoms with van der Waals surface area (Å²) < 4.78 is 5.32. The maximum Gasteiger partial charge on any atom is 0.150 e. The molecule has 0 aromatic heterocycles. The molecule has 3 heteroatoms. The Kier molecular flexibility index (Phi) is 5.58. The summed E-state index contributed by atoms with van der Waals surface area (Å²) in [7, 11) is 1.57. The van der Waals surface area contributed by atoms with Crippen molar-refractivity contribution in [1.82, 2.24) is 0 Å². The molecule has 0 aliphatic carbocycles. The molecule has 2 rings (SSSR count). The minimum absolute atomic E-state index is 0.141. The van der Waals surface area contributed by atoms with Gasteiger partial charge in [0.15, 0.2) is 6.29 Å². The van der Waals surface area contributed by atoms with Crippen LogP contribution >= 0.6 is 0 Å². The van der Waals surface area contributed by atoms with Crippen molar-refractivity contribution >= 4 is 17.9 Å². The molecule has 0 saturated carbocycles. The summed E-state index contributed by atoms with van der Waals surface area (Å²) in [6.07, 6.45) is 4.35. The highest BCUT2D eigenvalue weighted by molar-refractivity contribution is 6.14. The summed E-state index contributed by atoms with van der Waals surface area (Å²) in [6, 6.07) is 11.0. The van der Waals surface area contributed by atoms with Gasteiger partial charge in [0, 0.05) is 11.1 Å². The second kappa shape index (κ2) is 7.63. The minimum Gasteiger partial charge on any atom is -0.508 e. The standard InChI is InChI=1S/C20H22O3/c1-4-14-7-6-8-15(5-2)20(14)17(13-21)11-16-12-18(22)9-10-19(16)23-3/h6-13,22H,4-5H2,1-3H3/b17-11+. The lowest BCUT2D eigenvalue weighted by molar-refractivity contribution is -0.103. The first-order valence-corrected chi connectivity index (χ1v) is 7.79. The van der Waals surface area contributed by atoms with Crippen molar-refractivity contribution in [3.05, 3.63) is 58.7 Å². The number of hydrogen-bond acceptors (Lipinski definition) is 3. The Hall–Kier alpha value is -2.55. The van der Waals surface area contributed by atoms with Crippen LogP contribution in [-0.2, 0) is 17.6 Å². The Balaban J connectivity index is 2.65. The van der Waals surface area contributed by atoms with Crippen LogP contribution in [0.5, 0.6) is 11.5 Å². The molecular weight excluding hydrogens is 288 g/mol. The third-order valence-electron chi connectivity index (χ3n) is 3.94. The predicted molar refractivity (Wildman–Crippen MR) is 93.8 cm³/mol. The van der Waals surface area contributed by atoms with Gasteiger partial charge in [0.1, 0.15) is 11.5 Å². The molecule has 3 nitrogen and oxygen atoms in total. The SMILES string of the molecule is CCc1cccc(CC)c1/C(C=O)=C/c1cc(O)ccc1OC. The Morgan fingerprint density at radius 3 is 2.30 bits per heavy atom. The zero-order valence-electron chi connectivity index (χ0n) is 13.8. The number of aromatic hydroxyl groups is 1. The van der Waals surface area contributed by atoms with Gasteiger partial charge in [-0.15, -0.1) is 0 Å². The summed E-state index contributed by atoms with van der Waals surface area (Å²) in [5.41, 5.74) is 4.55. The van der Waals surface area contributed by atoms with E-state index < -0.39 is 0 Å². The van der Waals surface area contributed by atoms with Crippen molar-refractivity contribution in [2.75, 3.05) is 7.11 Å². The van der Waals surface area contributed by atoms with Crippen LogP contribution in [0.3, 0.4) is 0 Å². The Morgan fingerprint density at radius 1 is 1.13 bits per heavy atom. The molecule has 0 fully saturated rings. The van der Waals surface area contributed by atoms with Crippen molar-refractivity contribution in [3.63, 3.8) is 0 Å². The van der Waals surface area contributed by atoms with Crippen LogP contribution in [0.15, 0.2) is 36.4 Å². The first-order chi connectivity index (χ1) is 11.1. The molecule has 0 amide bonds. The number of phenols is 1. The molecule has 0 bridgehead atoms. The number of aldehydes is 1. The molecule has 0 radical (unpaired) electrons. The molecule has 0 spiro atoms. The van der Waals surface area contributed by atoms with E-state index in [2.05, 4.69) is 13.8 Å². The number of carbonyl (C=O) groups is 1. The molecule has 0 atom stereocenters. The normalized spacial score (nSPS) is 11.3. The third kappa shape index (κ3) is 3.62. The molecule has 0 aliphatic rings. The Bertz CT molecular complexity index is 707. The molecule has 2 aromatic carbocycles. The summed E-state index contributed by atoms with van der Waals surface area (Å²) in [5, 5.41) is 9.72. The fourth-order valence-corrected chi connectivity index (χ4v) is 2.78. The van der Waals surface area contributed by atoms with E-state index in [-0.39, 0.29) is 5.75 Å². The topological polar surface area (TPSA) is 46.5 Å². The van der Waals surface area contributed by atoms with Gasteiger partial charge in [-0.05, 0) is 53.8 Å². The first kappa shape index (κ1) is 16.8. The second-order valence-corrected chi connectivity index (χ2v) is 5.30. The van der Waals surface area contributed by atoms with Gasteiger partial charge in [-0.25, -0.2) is 0 Å². The molecule has 0 aliphatic heterocycles. The zero-order chi connectivity index (χ0) is 16.8. The molecule has 2 aromatic rings. The number of hydrogen-bond donors (Lipinski definition) is 1. The van der Waals surface area contributed by atoms with Crippen LogP contribution in [0.1, 0.15) is 36.1 Å². The molecule has 23 heavy (non-hydrogen) atoms. The van der Waals surface area contributed by atoms with Gasteiger partial charge in [-0.2, -0.15) is 0 Å². The molecule has 0 heterocycles. The van der Waals surface area contributed by atoms with E-state index in [1.807, 2.05) is 18.2 Å². The highest BCUT2D eigenvalue weighted by atomic mass is 16.5. The van der Waals surface area contributed by atoms with Crippen molar-refractivity contribution in [2.24, 2.45) is 0 Å². The van der Waals surface area contributed by atoms with Crippen molar-refractivity contribution in [1.29, 1.82) is 0 Å². The van der Waals surface area contributed by atoms with Gasteiger partial charge in [0.2, 0.25) is 0 Å². The maximum atomic E-state index is 11.8. The highest BCUT2D eigenvalue weighted by Crippen LogP contribution is 2.30. The van der Waals surface area contributed by atoms with Crippen LogP contribution in [0.2, 0.25) is 0 Å². The van der Waals surface area contributed by atoms with Gasteiger partial charge in [0.25, 0.3) is 0 Å². The number of aryl methyl sites for hydroxylation is 2. The summed E-state index contributed by atoms with van der Waals surface area (Å²) >= 11 is 0. The summed E-state index contributed by atoms with van der Waals surface area (Å²) in [4.78, 5) is 11.8. The van der Waals surface area contributed by atoms with Gasteiger partial charge in [0.05, 0.1) is 7.11 Å². The van der Waals surface area contributed by atoms with E-state index in [0.29, 0.717) is 16.9 Å². The van der Waals surface area contributed by atoms with Crippen LogP contribution in [-0.4, -0.2) is 18.5 Å². The number of carbonyl (C=O) groups excluding carboxylic acids is 1. The van der Waals surface area contributed by atoms with Crippen molar-refractivity contribution < 1.29 is 14.6 Å². The summed E-state index contributed by atoms with van der Waals surface area (Å²) in [5.74, 6) is 0.760. The van der Waals surface area contributed by atoms with E-state index >= 15 is 0 Å². The molecule has 0 unspecified atom stereocenters. The number of methoxy groups -OCH3 is 1. The minimum atomic E-state index is 0.141. The number of benzene rings is 2. The summed E-state index contributed by atoms with van der Waals surface area (Å²) in [6.45, 7) is 4.16. The van der Waals surface area contributed by atoms with Crippen molar-refractivity contribution in [2.45, 2.75) is 26.7 Å². The second-order valence-electron chi connectivity index (χ2n) is 5.30. The number of allylic oxidation sites excluding steroid dienone is 1. The van der Waals surface area contributed by atoms with E-state index in [0.717, 1.165) is 35.8 Å². The average molecular weight is 310 g/mol. The highest BCUT2D eigenvalue weighted by Gasteiger charge is 2.12. The van der Waals surface area contributed by atoms with Crippen LogP contribution in [0, 0.1) is 0 Å². The van der Waals surface area contributed by atoms with Gasteiger partial charge < -0.3 is 9.84 Å². The van der Waals surface area contributed by atoms with Crippen molar-refractivity contribution in [3.8, 4) is 11.5 Å². The first-order valence-electron chi connectivity index (χ1n) is 7.79. The number of phenolic OH excluding ortho intramolecular Hbond substituents is 1. The number of rotatable bonds is 6. The van der Waals surface area contributed by atoms with E-state index in [1.54, 1.807) is 31.4 Å². The molecular formula is C20H22O3. The lowest BCUT2D eigenvalue weighted by atomic mass is 9.91. The fourth-order valence-electron chi connectivity index (χ4n) is 2.78. The third-order valence-corrected chi connectivity index (χ3v) is 3.94. The van der Waals surface area contributed by atoms with Gasteiger partial charge in [-0.3, -0.25) is 4.79 Å². The number of ether oxygens (including phenoxy) is 1. The van der Waals surface area contributed by atoms with E-state index in [1.165, 1.54) is 0 Å². The quantitative estimate of drug-likeness (QED) is 0.492. The fraction of sp³-hybridized carbons (Fsp3) is 0.250. The van der Waals surface area contributed by atoms with E-state index in [9.17, 15) is 9.90 Å².